The first-order chi connectivity index (χ1) is 12.6. The van der Waals surface area contributed by atoms with Crippen LogP contribution < -0.4 is 5.32 Å². The molecule has 0 spiro atoms. The number of rotatable bonds is 5. The topological polar surface area (TPSA) is 55.4 Å². The van der Waals surface area contributed by atoms with Gasteiger partial charge in [0.15, 0.2) is 0 Å². The summed E-state index contributed by atoms with van der Waals surface area (Å²) in [7, 11) is 1.33. The Morgan fingerprint density at radius 3 is 2.42 bits per heavy atom. The number of nitrogens with one attached hydrogen (secondary N) is 1. The van der Waals surface area contributed by atoms with Crippen LogP contribution in [-0.4, -0.2) is 19.0 Å². The highest BCUT2D eigenvalue weighted by Gasteiger charge is 2.20. The van der Waals surface area contributed by atoms with Crippen LogP contribution in [0.3, 0.4) is 0 Å². The molecule has 0 aliphatic heterocycles. The van der Waals surface area contributed by atoms with Crippen molar-refractivity contribution in [1.82, 2.24) is 5.32 Å². The SMILES string of the molecule is COC(=O)CC(NC(=O)c1cccc2ccccc12)c1ccc(Cl)cc1. The van der Waals surface area contributed by atoms with Crippen molar-refractivity contribution in [2.45, 2.75) is 12.5 Å². The highest BCUT2D eigenvalue weighted by molar-refractivity contribution is 6.30. The molecule has 3 aromatic carbocycles. The minimum atomic E-state index is -0.508. The molecule has 0 heterocycles. The molecule has 0 aliphatic carbocycles. The van der Waals surface area contributed by atoms with E-state index < -0.39 is 12.0 Å². The summed E-state index contributed by atoms with van der Waals surface area (Å²) in [6.45, 7) is 0. The van der Waals surface area contributed by atoms with Crippen LogP contribution >= 0.6 is 11.6 Å². The van der Waals surface area contributed by atoms with E-state index in [0.717, 1.165) is 16.3 Å². The number of amides is 1. The largest absolute Gasteiger partial charge is 0.469 e. The summed E-state index contributed by atoms with van der Waals surface area (Å²) in [5.41, 5.74) is 1.35. The maximum atomic E-state index is 12.9. The van der Waals surface area contributed by atoms with E-state index in [1.54, 1.807) is 30.3 Å². The van der Waals surface area contributed by atoms with Gasteiger partial charge < -0.3 is 10.1 Å². The Kier molecular flexibility index (Phi) is 5.54. The predicted octanol–water partition coefficient (Wildman–Crippen LogP) is 4.53. The first kappa shape index (κ1) is 18.0. The second-order valence-electron chi connectivity index (χ2n) is 5.88. The molecule has 26 heavy (non-hydrogen) atoms. The second kappa shape index (κ2) is 8.02. The Labute approximate surface area is 156 Å². The highest BCUT2D eigenvalue weighted by Crippen LogP contribution is 2.23. The minimum absolute atomic E-state index is 0.0363. The average molecular weight is 368 g/mol. The normalized spacial score (nSPS) is 11.8. The van der Waals surface area contributed by atoms with Gasteiger partial charge in [0, 0.05) is 10.6 Å². The molecular weight excluding hydrogens is 350 g/mol. The third-order valence-corrected chi connectivity index (χ3v) is 4.46. The van der Waals surface area contributed by atoms with Crippen LogP contribution in [0, 0.1) is 0 Å². The number of hydrogen-bond donors (Lipinski definition) is 1. The predicted molar refractivity (Wildman–Crippen MR) is 102 cm³/mol. The maximum Gasteiger partial charge on any atom is 0.307 e. The monoisotopic (exact) mass is 367 g/mol. The lowest BCUT2D eigenvalue weighted by Gasteiger charge is -2.19. The molecule has 1 atom stereocenters. The molecule has 0 saturated heterocycles. The van der Waals surface area contributed by atoms with Gasteiger partial charge in [0.1, 0.15) is 0 Å². The molecule has 1 unspecified atom stereocenters. The van der Waals surface area contributed by atoms with Crippen LogP contribution in [0.2, 0.25) is 5.02 Å². The average Bonchev–Trinajstić information content (AvgIpc) is 2.67. The van der Waals surface area contributed by atoms with Crippen LogP contribution in [0.15, 0.2) is 66.7 Å². The molecule has 0 fully saturated rings. The van der Waals surface area contributed by atoms with Gasteiger partial charge in [-0.05, 0) is 34.5 Å². The van der Waals surface area contributed by atoms with Crippen LogP contribution in [0.25, 0.3) is 10.8 Å². The third-order valence-electron chi connectivity index (χ3n) is 4.21. The van der Waals surface area contributed by atoms with Gasteiger partial charge in [-0.15, -0.1) is 0 Å². The number of esters is 1. The van der Waals surface area contributed by atoms with E-state index in [2.05, 4.69) is 5.32 Å². The number of methoxy groups -OCH3 is 1. The molecule has 3 aromatic rings. The summed E-state index contributed by atoms with van der Waals surface area (Å²) >= 11 is 5.94. The number of carbonyl (C=O) groups excluding carboxylic acids is 2. The first-order valence-corrected chi connectivity index (χ1v) is 8.57. The molecule has 1 amide bonds. The van der Waals surface area contributed by atoms with Gasteiger partial charge in [-0.25, -0.2) is 0 Å². The molecule has 5 heteroatoms. The summed E-state index contributed by atoms with van der Waals surface area (Å²) in [5, 5.41) is 5.38. The highest BCUT2D eigenvalue weighted by atomic mass is 35.5. The molecule has 0 bridgehead atoms. The maximum absolute atomic E-state index is 12.9. The Bertz CT molecular complexity index is 932. The third kappa shape index (κ3) is 4.03. The second-order valence-corrected chi connectivity index (χ2v) is 6.32. The molecule has 0 radical (unpaired) electrons. The Balaban J connectivity index is 1.91. The van der Waals surface area contributed by atoms with Gasteiger partial charge in [0.25, 0.3) is 5.91 Å². The summed E-state index contributed by atoms with van der Waals surface area (Å²) in [6, 6.07) is 19.8. The van der Waals surface area contributed by atoms with Gasteiger partial charge in [0.05, 0.1) is 19.6 Å². The fourth-order valence-electron chi connectivity index (χ4n) is 2.86. The van der Waals surface area contributed by atoms with Gasteiger partial charge in [-0.2, -0.15) is 0 Å². The number of hydrogen-bond acceptors (Lipinski definition) is 3. The molecule has 0 aliphatic rings. The van der Waals surface area contributed by atoms with E-state index in [1.807, 2.05) is 36.4 Å². The van der Waals surface area contributed by atoms with Crippen molar-refractivity contribution in [2.75, 3.05) is 7.11 Å². The van der Waals surface area contributed by atoms with Gasteiger partial charge in [0.2, 0.25) is 0 Å². The molecule has 4 nitrogen and oxygen atoms in total. The lowest BCUT2D eigenvalue weighted by atomic mass is 10.0. The van der Waals surface area contributed by atoms with Crippen molar-refractivity contribution in [3.8, 4) is 0 Å². The van der Waals surface area contributed by atoms with Crippen molar-refractivity contribution in [3.63, 3.8) is 0 Å². The summed E-state index contributed by atoms with van der Waals surface area (Å²) in [5.74, 6) is -0.645. The smallest absolute Gasteiger partial charge is 0.307 e. The molecule has 3 rings (SSSR count). The molecular formula is C21H18ClNO3. The molecule has 0 saturated carbocycles. The lowest BCUT2D eigenvalue weighted by molar-refractivity contribution is -0.141. The van der Waals surface area contributed by atoms with E-state index in [0.29, 0.717) is 10.6 Å². The zero-order valence-corrected chi connectivity index (χ0v) is 15.0. The minimum Gasteiger partial charge on any atom is -0.469 e. The van der Waals surface area contributed by atoms with E-state index in [-0.39, 0.29) is 12.3 Å². The van der Waals surface area contributed by atoms with Crippen LogP contribution in [0.1, 0.15) is 28.4 Å². The van der Waals surface area contributed by atoms with Crippen molar-refractivity contribution in [2.24, 2.45) is 0 Å². The van der Waals surface area contributed by atoms with Crippen molar-refractivity contribution in [1.29, 1.82) is 0 Å². The fraction of sp³-hybridized carbons (Fsp3) is 0.143. The van der Waals surface area contributed by atoms with Crippen LogP contribution in [-0.2, 0) is 9.53 Å². The van der Waals surface area contributed by atoms with Crippen molar-refractivity contribution >= 4 is 34.2 Å². The number of ether oxygens (including phenoxy) is 1. The molecule has 0 aromatic heterocycles. The zero-order chi connectivity index (χ0) is 18.5. The number of halogens is 1. The number of benzene rings is 3. The Morgan fingerprint density at radius 1 is 1.00 bits per heavy atom. The van der Waals surface area contributed by atoms with Crippen molar-refractivity contribution in [3.05, 3.63) is 82.9 Å². The number of carbonyl (C=O) groups is 2. The Hall–Kier alpha value is -2.85. The zero-order valence-electron chi connectivity index (χ0n) is 14.2. The summed E-state index contributed by atoms with van der Waals surface area (Å²) in [4.78, 5) is 24.7. The molecule has 132 valence electrons. The fourth-order valence-corrected chi connectivity index (χ4v) is 2.98. The first-order valence-electron chi connectivity index (χ1n) is 8.19. The van der Waals surface area contributed by atoms with Crippen molar-refractivity contribution < 1.29 is 14.3 Å². The van der Waals surface area contributed by atoms with Crippen LogP contribution in [0.4, 0.5) is 0 Å². The molecule has 1 N–H and O–H groups in total. The van der Waals surface area contributed by atoms with E-state index in [1.165, 1.54) is 7.11 Å². The van der Waals surface area contributed by atoms with E-state index in [4.69, 9.17) is 16.3 Å². The number of fused-ring (bicyclic) bond motifs is 1. The van der Waals surface area contributed by atoms with Crippen LogP contribution in [0.5, 0.6) is 0 Å². The summed E-state index contributed by atoms with van der Waals surface area (Å²) < 4.78 is 4.77. The van der Waals surface area contributed by atoms with Gasteiger partial charge in [-0.1, -0.05) is 60.1 Å². The quantitative estimate of drug-likeness (QED) is 0.674. The Morgan fingerprint density at radius 2 is 1.69 bits per heavy atom. The lowest BCUT2D eigenvalue weighted by Crippen LogP contribution is -2.30. The summed E-state index contributed by atoms with van der Waals surface area (Å²) in [6.07, 6.45) is 0.0363. The van der Waals surface area contributed by atoms with E-state index in [9.17, 15) is 9.59 Å². The standard InChI is InChI=1S/C21H18ClNO3/c1-26-20(24)13-19(15-9-11-16(22)12-10-15)23-21(25)18-8-4-6-14-5-2-3-7-17(14)18/h2-12,19H,13H2,1H3,(H,23,25). The van der Waals surface area contributed by atoms with Gasteiger partial charge >= 0.3 is 5.97 Å². The van der Waals surface area contributed by atoms with E-state index >= 15 is 0 Å². The van der Waals surface area contributed by atoms with Gasteiger partial charge in [-0.3, -0.25) is 9.59 Å².